The zero-order chi connectivity index (χ0) is 8.72. The van der Waals surface area contributed by atoms with Crippen LogP contribution in [0.25, 0.3) is 10.1 Å². The van der Waals surface area contributed by atoms with Gasteiger partial charge in [0.1, 0.15) is 0 Å². The summed E-state index contributed by atoms with van der Waals surface area (Å²) in [5.74, 6) is 0. The van der Waals surface area contributed by atoms with Crippen molar-refractivity contribution in [1.82, 2.24) is 4.98 Å². The highest BCUT2D eigenvalue weighted by Crippen LogP contribution is 2.31. The fourth-order valence-electron chi connectivity index (χ4n) is 1.34. The Labute approximate surface area is 83.6 Å². The van der Waals surface area contributed by atoms with E-state index in [9.17, 15) is 0 Å². The molecule has 0 unspecified atom stereocenters. The number of nitrogens with zero attached hydrogens (tertiary/aromatic N) is 1. The Morgan fingerprint density at radius 1 is 1.33 bits per heavy atom. The smallest absolute Gasteiger partial charge is 0.0711 e. The van der Waals surface area contributed by atoms with E-state index in [1.165, 1.54) is 13.9 Å². The first-order valence-electron chi connectivity index (χ1n) is 3.70. The maximum atomic E-state index is 4.40. The van der Waals surface area contributed by atoms with Crippen molar-refractivity contribution in [2.45, 2.75) is 13.8 Å². The van der Waals surface area contributed by atoms with Crippen LogP contribution < -0.4 is 0 Å². The molecule has 0 saturated carbocycles. The van der Waals surface area contributed by atoms with E-state index in [4.69, 9.17) is 0 Å². The van der Waals surface area contributed by atoms with Crippen LogP contribution in [-0.2, 0) is 0 Å². The van der Waals surface area contributed by atoms with Crippen molar-refractivity contribution in [1.29, 1.82) is 0 Å². The van der Waals surface area contributed by atoms with Gasteiger partial charge in [0.2, 0.25) is 0 Å². The summed E-state index contributed by atoms with van der Waals surface area (Å²) >= 11 is 5.22. The van der Waals surface area contributed by atoms with Gasteiger partial charge in [-0.1, -0.05) is 0 Å². The predicted octanol–water partition coefficient (Wildman–Crippen LogP) is 3.68. The highest BCUT2D eigenvalue weighted by atomic mass is 79.9. The molecule has 2 heterocycles. The molecule has 0 aliphatic heterocycles. The lowest BCUT2D eigenvalue weighted by molar-refractivity contribution is 1.16. The third kappa shape index (κ3) is 1.27. The van der Waals surface area contributed by atoms with Crippen LogP contribution in [0.2, 0.25) is 0 Å². The first-order valence-corrected chi connectivity index (χ1v) is 5.31. The molecule has 0 amide bonds. The molecule has 0 spiro atoms. The fourth-order valence-corrected chi connectivity index (χ4v) is 2.88. The molecule has 2 rings (SSSR count). The van der Waals surface area contributed by atoms with Gasteiger partial charge < -0.3 is 0 Å². The van der Waals surface area contributed by atoms with Crippen molar-refractivity contribution in [3.63, 3.8) is 0 Å². The van der Waals surface area contributed by atoms with Gasteiger partial charge in [-0.3, -0.25) is 4.98 Å². The van der Waals surface area contributed by atoms with Crippen molar-refractivity contribution in [3.05, 3.63) is 27.3 Å². The molecule has 0 aromatic carbocycles. The van der Waals surface area contributed by atoms with Gasteiger partial charge >= 0.3 is 0 Å². The largest absolute Gasteiger partial charge is 0.257 e. The van der Waals surface area contributed by atoms with Crippen LogP contribution in [0, 0.1) is 13.8 Å². The molecule has 0 atom stereocenters. The van der Waals surface area contributed by atoms with Gasteiger partial charge in [-0.15, -0.1) is 11.3 Å². The van der Waals surface area contributed by atoms with Crippen molar-refractivity contribution in [2.75, 3.05) is 0 Å². The minimum Gasteiger partial charge on any atom is -0.257 e. The number of aryl methyl sites for hydroxylation is 2. The van der Waals surface area contributed by atoms with E-state index in [1.807, 2.05) is 6.92 Å². The zero-order valence-electron chi connectivity index (χ0n) is 6.89. The molecule has 0 bridgehead atoms. The first-order chi connectivity index (χ1) is 5.66. The number of fused-ring (bicyclic) bond motifs is 1. The second-order valence-electron chi connectivity index (χ2n) is 2.82. The predicted molar refractivity (Wildman–Crippen MR) is 56.8 cm³/mol. The minimum absolute atomic E-state index is 1.09. The Morgan fingerprint density at radius 2 is 2.08 bits per heavy atom. The zero-order valence-corrected chi connectivity index (χ0v) is 9.29. The van der Waals surface area contributed by atoms with Crippen LogP contribution in [0.3, 0.4) is 0 Å². The van der Waals surface area contributed by atoms with Crippen molar-refractivity contribution >= 4 is 37.4 Å². The number of thiophene rings is 1. The molecule has 62 valence electrons. The fraction of sp³-hybridized carbons (Fsp3) is 0.222. The second kappa shape index (κ2) is 2.82. The number of rotatable bonds is 0. The van der Waals surface area contributed by atoms with E-state index >= 15 is 0 Å². The van der Waals surface area contributed by atoms with Gasteiger partial charge in [0, 0.05) is 5.69 Å². The molecule has 12 heavy (non-hydrogen) atoms. The summed E-state index contributed by atoms with van der Waals surface area (Å²) in [5.41, 5.74) is 2.21. The van der Waals surface area contributed by atoms with Crippen molar-refractivity contribution in [2.24, 2.45) is 0 Å². The SMILES string of the molecule is Cc1cc2cc(Br)sc2c(C)n1. The molecule has 0 aliphatic rings. The molecular formula is C9H8BrNS. The highest BCUT2D eigenvalue weighted by Gasteiger charge is 2.03. The van der Waals surface area contributed by atoms with Gasteiger partial charge in [-0.2, -0.15) is 0 Å². The van der Waals surface area contributed by atoms with Crippen molar-refractivity contribution < 1.29 is 0 Å². The van der Waals surface area contributed by atoms with Gasteiger partial charge in [0.25, 0.3) is 0 Å². The van der Waals surface area contributed by atoms with Crippen LogP contribution in [0.5, 0.6) is 0 Å². The average molecular weight is 242 g/mol. The Balaban J connectivity index is 2.88. The van der Waals surface area contributed by atoms with Crippen molar-refractivity contribution in [3.8, 4) is 0 Å². The van der Waals surface area contributed by atoms with E-state index in [0.717, 1.165) is 11.4 Å². The molecule has 0 N–H and O–H groups in total. The topological polar surface area (TPSA) is 12.9 Å². The minimum atomic E-state index is 1.09. The van der Waals surface area contributed by atoms with E-state index < -0.39 is 0 Å². The number of aromatic nitrogens is 1. The standard InChI is InChI=1S/C9H8BrNS/c1-5-3-7-4-8(10)12-9(7)6(2)11-5/h3-4H,1-2H3. The summed E-state index contributed by atoms with van der Waals surface area (Å²) in [7, 11) is 0. The van der Waals surface area contributed by atoms with Gasteiger partial charge in [-0.05, 0) is 47.3 Å². The van der Waals surface area contributed by atoms with E-state index in [0.29, 0.717) is 0 Å². The Bertz CT molecular complexity index is 433. The Kier molecular flexibility index (Phi) is 1.93. The summed E-state index contributed by atoms with van der Waals surface area (Å²) < 4.78 is 2.46. The maximum absolute atomic E-state index is 4.40. The molecule has 3 heteroatoms. The van der Waals surface area contributed by atoms with E-state index in [2.05, 4.69) is 40.0 Å². The lowest BCUT2D eigenvalue weighted by Gasteiger charge is -1.96. The monoisotopic (exact) mass is 241 g/mol. The number of hydrogen-bond donors (Lipinski definition) is 0. The Morgan fingerprint density at radius 3 is 2.83 bits per heavy atom. The molecule has 1 nitrogen and oxygen atoms in total. The van der Waals surface area contributed by atoms with Gasteiger partial charge in [0.05, 0.1) is 14.2 Å². The third-order valence-corrected chi connectivity index (χ3v) is 3.53. The van der Waals surface area contributed by atoms with Gasteiger partial charge in [-0.25, -0.2) is 0 Å². The van der Waals surface area contributed by atoms with E-state index in [-0.39, 0.29) is 0 Å². The van der Waals surface area contributed by atoms with Crippen LogP contribution in [0.1, 0.15) is 11.4 Å². The second-order valence-corrected chi connectivity index (χ2v) is 5.25. The molecule has 2 aromatic heterocycles. The normalized spacial score (nSPS) is 10.9. The summed E-state index contributed by atoms with van der Waals surface area (Å²) in [4.78, 5) is 4.40. The van der Waals surface area contributed by atoms with E-state index in [1.54, 1.807) is 11.3 Å². The van der Waals surface area contributed by atoms with Crippen LogP contribution >= 0.6 is 27.3 Å². The third-order valence-electron chi connectivity index (χ3n) is 1.77. The summed E-state index contributed by atoms with van der Waals surface area (Å²) in [6, 6.07) is 4.26. The molecule has 0 saturated heterocycles. The Hall–Kier alpha value is -0.410. The van der Waals surface area contributed by atoms with Crippen LogP contribution in [0.4, 0.5) is 0 Å². The number of pyridine rings is 1. The molecule has 2 aromatic rings. The lowest BCUT2D eigenvalue weighted by atomic mass is 10.2. The maximum Gasteiger partial charge on any atom is 0.0711 e. The molecule has 0 fully saturated rings. The molecule has 0 aliphatic carbocycles. The summed E-state index contributed by atoms with van der Waals surface area (Å²) in [6.07, 6.45) is 0. The first kappa shape index (κ1) is 8.20. The quantitative estimate of drug-likeness (QED) is 0.686. The average Bonchev–Trinajstić information content (AvgIpc) is 2.29. The number of hydrogen-bond acceptors (Lipinski definition) is 2. The summed E-state index contributed by atoms with van der Waals surface area (Å²) in [5, 5.41) is 1.29. The number of halogens is 1. The van der Waals surface area contributed by atoms with Crippen LogP contribution in [0.15, 0.2) is 15.9 Å². The van der Waals surface area contributed by atoms with Gasteiger partial charge in [0.15, 0.2) is 0 Å². The highest BCUT2D eigenvalue weighted by molar-refractivity contribution is 9.11. The lowest BCUT2D eigenvalue weighted by Crippen LogP contribution is -1.83. The molecule has 0 radical (unpaired) electrons. The molecular weight excluding hydrogens is 234 g/mol. The van der Waals surface area contributed by atoms with Crippen LogP contribution in [-0.4, -0.2) is 4.98 Å². The summed E-state index contributed by atoms with van der Waals surface area (Å²) in [6.45, 7) is 4.08.